The van der Waals surface area contributed by atoms with Gasteiger partial charge in [-0.1, -0.05) is 13.8 Å². The molecule has 0 spiro atoms. The largest absolute Gasteiger partial charge is 0.375 e. The van der Waals surface area contributed by atoms with Gasteiger partial charge in [0.1, 0.15) is 12.4 Å². The van der Waals surface area contributed by atoms with Gasteiger partial charge in [-0.15, -0.1) is 0 Å². The highest BCUT2D eigenvalue weighted by Gasteiger charge is 2.13. The van der Waals surface area contributed by atoms with E-state index in [2.05, 4.69) is 25.8 Å². The normalized spacial score (nSPS) is 10.9. The minimum Gasteiger partial charge on any atom is -0.375 e. The molecule has 0 aliphatic carbocycles. The highest BCUT2D eigenvalue weighted by atomic mass is 16.5. The van der Waals surface area contributed by atoms with Gasteiger partial charge in [-0.3, -0.25) is 14.7 Å². The molecule has 2 rings (SSSR count). The van der Waals surface area contributed by atoms with Crippen LogP contribution in [0.4, 0.5) is 11.5 Å². The fraction of sp³-hybridized carbons (Fsp3) is 0.385. The summed E-state index contributed by atoms with van der Waals surface area (Å²) in [4.78, 5) is 27.3. The Labute approximate surface area is 121 Å². The number of nitrogens with one attached hydrogen (secondary N) is 3. The number of carbonyl (C=O) groups excluding carboxylic acids is 2. The van der Waals surface area contributed by atoms with E-state index in [0.717, 1.165) is 0 Å². The summed E-state index contributed by atoms with van der Waals surface area (Å²) in [6.07, 6.45) is 1.49. The maximum Gasteiger partial charge on any atom is 0.250 e. The number of aromatic nitrogens is 3. The molecule has 0 aromatic carbocycles. The molecule has 0 unspecified atom stereocenters. The Bertz CT molecular complexity index is 665. The maximum atomic E-state index is 11.7. The molecule has 0 bridgehead atoms. The highest BCUT2D eigenvalue weighted by Crippen LogP contribution is 2.22. The zero-order chi connectivity index (χ0) is 15.4. The molecule has 0 atom stereocenters. The van der Waals surface area contributed by atoms with Crippen molar-refractivity contribution >= 4 is 34.4 Å². The number of amides is 2. The highest BCUT2D eigenvalue weighted by molar-refractivity contribution is 6.01. The number of hydrogen-bond acceptors (Lipinski definition) is 5. The van der Waals surface area contributed by atoms with E-state index in [1.54, 1.807) is 19.9 Å². The first kappa shape index (κ1) is 14.9. The molecule has 0 radical (unpaired) electrons. The van der Waals surface area contributed by atoms with E-state index in [9.17, 15) is 9.59 Å². The SMILES string of the molecule is COCC(=O)Nc1cnc2n[nH]c(NC(=O)C(C)C)c2c1. The van der Waals surface area contributed by atoms with Crippen LogP contribution >= 0.6 is 0 Å². The van der Waals surface area contributed by atoms with Crippen LogP contribution in [0.3, 0.4) is 0 Å². The third-order valence-electron chi connectivity index (χ3n) is 2.74. The van der Waals surface area contributed by atoms with Crippen LogP contribution < -0.4 is 10.6 Å². The number of rotatable bonds is 5. The van der Waals surface area contributed by atoms with Gasteiger partial charge in [0.25, 0.3) is 0 Å². The standard InChI is InChI=1S/C13H17N5O3/c1-7(2)13(20)16-12-9-4-8(15-10(19)6-21-3)5-14-11(9)17-18-12/h4-5,7H,6H2,1-3H3,(H,15,19)(H2,14,16,17,18,20). The van der Waals surface area contributed by atoms with Crippen LogP contribution in [0.5, 0.6) is 0 Å². The third-order valence-corrected chi connectivity index (χ3v) is 2.74. The first-order valence-electron chi connectivity index (χ1n) is 6.45. The van der Waals surface area contributed by atoms with Gasteiger partial charge in [0.2, 0.25) is 11.8 Å². The van der Waals surface area contributed by atoms with Crippen molar-refractivity contribution in [1.29, 1.82) is 0 Å². The number of hydrogen-bond donors (Lipinski definition) is 3. The number of pyridine rings is 1. The second-order valence-electron chi connectivity index (χ2n) is 4.82. The van der Waals surface area contributed by atoms with Gasteiger partial charge in [-0.2, -0.15) is 5.10 Å². The first-order valence-corrected chi connectivity index (χ1v) is 6.45. The number of methoxy groups -OCH3 is 1. The molecule has 0 fully saturated rings. The van der Waals surface area contributed by atoms with Crippen molar-refractivity contribution < 1.29 is 14.3 Å². The minimum atomic E-state index is -0.282. The van der Waals surface area contributed by atoms with Gasteiger partial charge < -0.3 is 15.4 Å². The van der Waals surface area contributed by atoms with Crippen LogP contribution in [-0.4, -0.2) is 40.7 Å². The lowest BCUT2D eigenvalue weighted by Gasteiger charge is -2.06. The van der Waals surface area contributed by atoms with Crippen molar-refractivity contribution in [2.75, 3.05) is 24.4 Å². The van der Waals surface area contributed by atoms with Crippen molar-refractivity contribution in [2.24, 2.45) is 5.92 Å². The van der Waals surface area contributed by atoms with Crippen molar-refractivity contribution in [3.63, 3.8) is 0 Å². The Hall–Kier alpha value is -2.48. The Morgan fingerprint density at radius 3 is 2.81 bits per heavy atom. The van der Waals surface area contributed by atoms with Crippen molar-refractivity contribution in [2.45, 2.75) is 13.8 Å². The molecule has 2 heterocycles. The van der Waals surface area contributed by atoms with Gasteiger partial charge in [0.15, 0.2) is 5.65 Å². The minimum absolute atomic E-state index is 0.0413. The van der Waals surface area contributed by atoms with Gasteiger partial charge in [-0.05, 0) is 6.07 Å². The number of fused-ring (bicyclic) bond motifs is 1. The summed E-state index contributed by atoms with van der Waals surface area (Å²) >= 11 is 0. The number of H-pyrrole nitrogens is 1. The van der Waals surface area contributed by atoms with Crippen LogP contribution in [0.25, 0.3) is 11.0 Å². The Kier molecular flexibility index (Phi) is 4.49. The van der Waals surface area contributed by atoms with E-state index in [1.165, 1.54) is 13.3 Å². The maximum absolute atomic E-state index is 11.7. The molecule has 112 valence electrons. The molecule has 8 nitrogen and oxygen atoms in total. The molecule has 2 aromatic heterocycles. The summed E-state index contributed by atoms with van der Waals surface area (Å²) in [6, 6.07) is 1.69. The van der Waals surface area contributed by atoms with E-state index in [4.69, 9.17) is 4.74 Å². The monoisotopic (exact) mass is 291 g/mol. The molecule has 2 amide bonds. The van der Waals surface area contributed by atoms with Gasteiger partial charge >= 0.3 is 0 Å². The topological polar surface area (TPSA) is 109 Å². The molecule has 0 saturated heterocycles. The zero-order valence-electron chi connectivity index (χ0n) is 12.1. The predicted octanol–water partition coefficient (Wildman–Crippen LogP) is 1.14. The van der Waals surface area contributed by atoms with Gasteiger partial charge in [0.05, 0.1) is 17.3 Å². The second-order valence-corrected chi connectivity index (χ2v) is 4.82. The van der Waals surface area contributed by atoms with E-state index in [-0.39, 0.29) is 24.3 Å². The fourth-order valence-electron chi connectivity index (χ4n) is 1.66. The third kappa shape index (κ3) is 3.54. The fourth-order valence-corrected chi connectivity index (χ4v) is 1.66. The summed E-state index contributed by atoms with van der Waals surface area (Å²) in [5.41, 5.74) is 0.963. The number of anilines is 2. The number of ether oxygens (including phenoxy) is 1. The summed E-state index contributed by atoms with van der Waals surface area (Å²) in [5, 5.41) is 12.7. The van der Waals surface area contributed by atoms with Crippen molar-refractivity contribution in [1.82, 2.24) is 15.2 Å². The zero-order valence-corrected chi connectivity index (χ0v) is 12.1. The number of aromatic amines is 1. The van der Waals surface area contributed by atoms with E-state index in [0.29, 0.717) is 22.5 Å². The first-order chi connectivity index (χ1) is 10.0. The smallest absolute Gasteiger partial charge is 0.250 e. The molecular formula is C13H17N5O3. The summed E-state index contributed by atoms with van der Waals surface area (Å²) in [5.74, 6) is -0.107. The summed E-state index contributed by atoms with van der Waals surface area (Å²) in [6.45, 7) is 3.55. The van der Waals surface area contributed by atoms with Gasteiger partial charge in [-0.25, -0.2) is 4.98 Å². The van der Waals surface area contributed by atoms with E-state index < -0.39 is 0 Å². The molecule has 21 heavy (non-hydrogen) atoms. The van der Waals surface area contributed by atoms with Crippen LogP contribution in [0.2, 0.25) is 0 Å². The van der Waals surface area contributed by atoms with Gasteiger partial charge in [0, 0.05) is 13.0 Å². The lowest BCUT2D eigenvalue weighted by Crippen LogP contribution is -2.18. The van der Waals surface area contributed by atoms with Crippen LogP contribution in [0, 0.1) is 5.92 Å². The Morgan fingerprint density at radius 2 is 2.14 bits per heavy atom. The van der Waals surface area contributed by atoms with Crippen LogP contribution in [0.1, 0.15) is 13.8 Å². The van der Waals surface area contributed by atoms with Crippen molar-refractivity contribution in [3.8, 4) is 0 Å². The quantitative estimate of drug-likeness (QED) is 0.765. The molecule has 0 aliphatic rings. The summed E-state index contributed by atoms with van der Waals surface area (Å²) in [7, 11) is 1.44. The number of nitrogens with zero attached hydrogens (tertiary/aromatic N) is 2. The van der Waals surface area contributed by atoms with E-state index >= 15 is 0 Å². The average molecular weight is 291 g/mol. The molecule has 0 aliphatic heterocycles. The van der Waals surface area contributed by atoms with Crippen LogP contribution in [-0.2, 0) is 14.3 Å². The molecule has 0 saturated carbocycles. The molecule has 8 heteroatoms. The molecular weight excluding hydrogens is 274 g/mol. The number of carbonyl (C=O) groups is 2. The lowest BCUT2D eigenvalue weighted by atomic mass is 10.2. The predicted molar refractivity (Wildman–Crippen MR) is 77.9 cm³/mol. The van der Waals surface area contributed by atoms with Crippen LogP contribution in [0.15, 0.2) is 12.3 Å². The van der Waals surface area contributed by atoms with E-state index in [1.807, 2.05) is 0 Å². The Morgan fingerprint density at radius 1 is 1.38 bits per heavy atom. The Balaban J connectivity index is 2.24. The average Bonchev–Trinajstić information content (AvgIpc) is 2.81. The van der Waals surface area contributed by atoms with Crippen molar-refractivity contribution in [3.05, 3.63) is 12.3 Å². The molecule has 2 aromatic rings. The molecule has 3 N–H and O–H groups in total. The second kappa shape index (κ2) is 6.31. The lowest BCUT2D eigenvalue weighted by molar-refractivity contribution is -0.120. The summed E-state index contributed by atoms with van der Waals surface area (Å²) < 4.78 is 4.74.